The molecule has 0 spiro atoms. The number of hydrogen-bond donors (Lipinski definition) is 0. The number of rotatable bonds is 9. The first-order valence-electron chi connectivity index (χ1n) is 32.1. The second kappa shape index (κ2) is 22.8. The predicted octanol–water partition coefficient (Wildman–Crippen LogP) is 26.0. The van der Waals surface area contributed by atoms with Crippen molar-refractivity contribution in [2.45, 2.75) is 0 Å². The molecule has 0 N–H and O–H groups in total. The fourth-order valence-corrected chi connectivity index (χ4v) is 14.1. The van der Waals surface area contributed by atoms with Gasteiger partial charge in [-0.05, 0) is 167 Å². The number of nitrogens with zero attached hydrogens (tertiary/aromatic N) is 2. The van der Waals surface area contributed by atoms with E-state index in [1.165, 1.54) is 87.2 Å². The zero-order chi connectivity index (χ0) is 62.1. The van der Waals surface area contributed by atoms with Gasteiger partial charge in [0.25, 0.3) is 0 Å². The largest absolute Gasteiger partial charge is 0.453 e. The first-order valence-corrected chi connectivity index (χ1v) is 32.1. The van der Waals surface area contributed by atoms with Crippen LogP contribution in [0.4, 0.5) is 34.1 Å². The van der Waals surface area contributed by atoms with Crippen LogP contribution in [-0.2, 0) is 0 Å². The number of fused-ring (bicyclic) bond motifs is 14. The molecule has 0 aliphatic carbocycles. The van der Waals surface area contributed by atoms with Crippen LogP contribution in [0.1, 0.15) is 0 Å². The molecule has 4 nitrogen and oxygen atoms in total. The van der Waals surface area contributed by atoms with Crippen LogP contribution in [0, 0.1) is 0 Å². The molecule has 0 unspecified atom stereocenters. The molecule has 0 aliphatic heterocycles. The van der Waals surface area contributed by atoms with Gasteiger partial charge in [0, 0.05) is 54.8 Å². The summed E-state index contributed by atoms with van der Waals surface area (Å²) >= 11 is 0. The van der Waals surface area contributed by atoms with E-state index in [0.717, 1.165) is 88.8 Å². The lowest BCUT2D eigenvalue weighted by Gasteiger charge is -2.27. The predicted molar refractivity (Wildman–Crippen MR) is 398 cm³/mol. The standard InChI is InChI=1S/C48H31NO.C42H27NO/c1-3-11-37-30-39(18-16-32(37)8-1)34-20-25-41(26-21-34)49(42-27-22-35(23-28-42)40-19-17-33-9-2-4-12-38(33)31-40)46-15-7-14-44-45-29-24-36-10-5-6-13-43(36)47(45)50-48(44)46;1-2-12-32-27-33(20-19-28(32)9-1)29-21-24-34(25-22-29)43(39-17-7-13-30-10-3-5-14-35(30)39)40-18-8-16-37-38-26-23-31-11-4-6-15-36(31)41(38)44-42(37)40/h1-31H;1-27H. The highest BCUT2D eigenvalue weighted by molar-refractivity contribution is 6.19. The Bertz CT molecular complexity index is 5990. The fourth-order valence-electron chi connectivity index (χ4n) is 14.1. The molecule has 2 aromatic heterocycles. The molecule has 19 aromatic rings. The maximum atomic E-state index is 6.85. The van der Waals surface area contributed by atoms with Crippen molar-refractivity contribution in [1.82, 2.24) is 0 Å². The summed E-state index contributed by atoms with van der Waals surface area (Å²) in [5.74, 6) is 0. The van der Waals surface area contributed by atoms with Crippen LogP contribution in [0.3, 0.4) is 0 Å². The number of furan rings is 2. The van der Waals surface area contributed by atoms with E-state index in [-0.39, 0.29) is 0 Å². The molecule has 0 aliphatic rings. The van der Waals surface area contributed by atoms with Gasteiger partial charge in [-0.1, -0.05) is 267 Å². The molecular weight excluding hydrogens is 1140 g/mol. The molecule has 4 heteroatoms. The zero-order valence-corrected chi connectivity index (χ0v) is 51.2. The van der Waals surface area contributed by atoms with Gasteiger partial charge in [0.1, 0.15) is 11.2 Å². The van der Waals surface area contributed by atoms with Crippen molar-refractivity contribution in [3.63, 3.8) is 0 Å². The molecule has 0 saturated carbocycles. The minimum Gasteiger partial charge on any atom is -0.453 e. The summed E-state index contributed by atoms with van der Waals surface area (Å²) in [7, 11) is 0. The summed E-state index contributed by atoms with van der Waals surface area (Å²) in [5.41, 5.74) is 17.1. The van der Waals surface area contributed by atoms with E-state index in [2.05, 4.69) is 362 Å². The van der Waals surface area contributed by atoms with Crippen LogP contribution in [0.2, 0.25) is 0 Å². The highest BCUT2D eigenvalue weighted by Crippen LogP contribution is 2.48. The Morgan fingerprint density at radius 2 is 0.436 bits per heavy atom. The Morgan fingerprint density at radius 3 is 0.862 bits per heavy atom. The lowest BCUT2D eigenvalue weighted by atomic mass is 10.00. The quantitative estimate of drug-likeness (QED) is 0.144. The van der Waals surface area contributed by atoms with Crippen molar-refractivity contribution in [3.05, 3.63) is 352 Å². The van der Waals surface area contributed by atoms with Gasteiger partial charge in [0.2, 0.25) is 0 Å². The van der Waals surface area contributed by atoms with Crippen LogP contribution in [0.15, 0.2) is 361 Å². The average molecular weight is 1200 g/mol. The summed E-state index contributed by atoms with van der Waals surface area (Å²) in [6.07, 6.45) is 0. The minimum absolute atomic E-state index is 0.871. The van der Waals surface area contributed by atoms with E-state index < -0.39 is 0 Å². The maximum absolute atomic E-state index is 6.85. The van der Waals surface area contributed by atoms with E-state index in [0.29, 0.717) is 0 Å². The highest BCUT2D eigenvalue weighted by atomic mass is 16.3. The van der Waals surface area contributed by atoms with Crippen molar-refractivity contribution < 1.29 is 8.83 Å². The number of hydrogen-bond acceptors (Lipinski definition) is 4. The third-order valence-electron chi connectivity index (χ3n) is 18.9. The van der Waals surface area contributed by atoms with Crippen molar-refractivity contribution in [2.75, 3.05) is 9.80 Å². The lowest BCUT2D eigenvalue weighted by molar-refractivity contribution is 0.672. The van der Waals surface area contributed by atoms with Crippen LogP contribution in [0.25, 0.3) is 142 Å². The molecule has 0 amide bonds. The van der Waals surface area contributed by atoms with Crippen LogP contribution < -0.4 is 9.80 Å². The molecular formula is C90H58N2O2. The molecule has 17 aromatic carbocycles. The maximum Gasteiger partial charge on any atom is 0.159 e. The Hall–Kier alpha value is -12.5. The van der Waals surface area contributed by atoms with E-state index >= 15 is 0 Å². The molecule has 94 heavy (non-hydrogen) atoms. The number of benzene rings is 17. The van der Waals surface area contributed by atoms with Crippen LogP contribution >= 0.6 is 0 Å². The average Bonchev–Trinajstić information content (AvgIpc) is 1.56. The molecule has 19 rings (SSSR count). The summed E-state index contributed by atoms with van der Waals surface area (Å²) in [6, 6.07) is 126. The Balaban J connectivity index is 0.000000139. The van der Waals surface area contributed by atoms with Gasteiger partial charge in [-0.3, -0.25) is 0 Å². The molecule has 0 fully saturated rings. The summed E-state index contributed by atoms with van der Waals surface area (Å²) < 4.78 is 13.7. The van der Waals surface area contributed by atoms with Crippen LogP contribution in [0.5, 0.6) is 0 Å². The van der Waals surface area contributed by atoms with Gasteiger partial charge in [-0.2, -0.15) is 0 Å². The topological polar surface area (TPSA) is 32.8 Å². The first-order chi connectivity index (χ1) is 46.6. The molecule has 2 heterocycles. The smallest absolute Gasteiger partial charge is 0.159 e. The van der Waals surface area contributed by atoms with Gasteiger partial charge in [0.05, 0.1) is 17.1 Å². The van der Waals surface area contributed by atoms with Crippen LogP contribution in [-0.4, -0.2) is 0 Å². The van der Waals surface area contributed by atoms with Crippen molar-refractivity contribution in [3.8, 4) is 33.4 Å². The molecule has 0 bridgehead atoms. The molecule has 0 radical (unpaired) electrons. The summed E-state index contributed by atoms with van der Waals surface area (Å²) in [5, 5.41) is 18.9. The van der Waals surface area contributed by atoms with Crippen molar-refractivity contribution >= 4 is 143 Å². The molecule has 0 atom stereocenters. The molecule has 0 saturated heterocycles. The number of para-hydroxylation sites is 2. The summed E-state index contributed by atoms with van der Waals surface area (Å²) in [6.45, 7) is 0. The van der Waals surface area contributed by atoms with E-state index in [9.17, 15) is 0 Å². The normalized spacial score (nSPS) is 11.6. The van der Waals surface area contributed by atoms with Gasteiger partial charge < -0.3 is 18.6 Å². The zero-order valence-electron chi connectivity index (χ0n) is 51.2. The third kappa shape index (κ3) is 9.55. The SMILES string of the molecule is c1ccc2cc(-c3ccc(N(c4ccc(-c5ccc6ccccc6c5)cc4)c4cccc5c4oc4c6ccccc6ccc54)cc3)ccc2c1.c1ccc2cc(-c3ccc(N(c4cccc5ccccc45)c4cccc5c4oc4c6ccccc6ccc54)cc3)ccc2c1. The lowest BCUT2D eigenvalue weighted by Crippen LogP contribution is -2.10. The van der Waals surface area contributed by atoms with Gasteiger partial charge in [-0.25, -0.2) is 0 Å². The Labute approximate surface area is 543 Å². The highest BCUT2D eigenvalue weighted by Gasteiger charge is 2.24. The van der Waals surface area contributed by atoms with Gasteiger partial charge in [-0.15, -0.1) is 0 Å². The van der Waals surface area contributed by atoms with E-state index in [1.807, 2.05) is 0 Å². The Morgan fingerprint density at radius 1 is 0.160 bits per heavy atom. The van der Waals surface area contributed by atoms with E-state index in [4.69, 9.17) is 8.83 Å². The Kier molecular flexibility index (Phi) is 13.2. The van der Waals surface area contributed by atoms with Gasteiger partial charge in [0.15, 0.2) is 11.2 Å². The second-order valence-electron chi connectivity index (χ2n) is 24.3. The van der Waals surface area contributed by atoms with Crippen molar-refractivity contribution in [1.29, 1.82) is 0 Å². The van der Waals surface area contributed by atoms with Crippen molar-refractivity contribution in [2.24, 2.45) is 0 Å². The van der Waals surface area contributed by atoms with Gasteiger partial charge >= 0.3 is 0 Å². The first kappa shape index (κ1) is 54.4. The van der Waals surface area contributed by atoms with E-state index in [1.54, 1.807) is 0 Å². The minimum atomic E-state index is 0.871. The molecule has 440 valence electrons. The monoisotopic (exact) mass is 1200 g/mol. The fraction of sp³-hybridized carbons (Fsp3) is 0. The summed E-state index contributed by atoms with van der Waals surface area (Å²) in [4.78, 5) is 4.67. The third-order valence-corrected chi connectivity index (χ3v) is 18.9. The number of anilines is 6. The second-order valence-corrected chi connectivity index (χ2v) is 24.3.